The predicted octanol–water partition coefficient (Wildman–Crippen LogP) is 3.30. The molecule has 3 rings (SSSR count). The Labute approximate surface area is 111 Å². The molecule has 2 aromatic carbocycles. The van der Waals surface area contributed by atoms with Gasteiger partial charge in [0.1, 0.15) is 5.75 Å². The molecule has 0 aliphatic heterocycles. The quantitative estimate of drug-likeness (QED) is 0.605. The third-order valence-electron chi connectivity index (χ3n) is 3.68. The lowest BCUT2D eigenvalue weighted by Crippen LogP contribution is -2.19. The van der Waals surface area contributed by atoms with Crippen LogP contribution < -0.4 is 0 Å². The van der Waals surface area contributed by atoms with Gasteiger partial charge < -0.3 is 10.3 Å². The number of benzene rings is 2. The van der Waals surface area contributed by atoms with E-state index in [0.717, 1.165) is 17.7 Å². The lowest BCUT2D eigenvalue weighted by atomic mass is 9.78. The van der Waals surface area contributed by atoms with Crippen LogP contribution in [0.5, 0.6) is 5.75 Å². The first-order valence-corrected chi connectivity index (χ1v) is 6.34. The first-order valence-electron chi connectivity index (χ1n) is 6.34. The van der Waals surface area contributed by atoms with Gasteiger partial charge in [0, 0.05) is 18.8 Å². The average molecular weight is 253 g/mol. The lowest BCUT2D eigenvalue weighted by molar-refractivity contribution is 0.315. The Balaban J connectivity index is 2.11. The van der Waals surface area contributed by atoms with Crippen molar-refractivity contribution in [1.82, 2.24) is 0 Å². The highest BCUT2D eigenvalue weighted by molar-refractivity contribution is 5.89. The van der Waals surface area contributed by atoms with Crippen LogP contribution in [0.4, 0.5) is 0 Å². The van der Waals surface area contributed by atoms with Gasteiger partial charge in [-0.15, -0.1) is 0 Å². The van der Waals surface area contributed by atoms with Crippen molar-refractivity contribution in [2.45, 2.75) is 18.8 Å². The molecular formula is C16H15NO2. The molecule has 0 radical (unpaired) electrons. The zero-order valence-corrected chi connectivity index (χ0v) is 10.5. The number of oxime groups is 1. The molecule has 1 aliphatic rings. The van der Waals surface area contributed by atoms with Crippen molar-refractivity contribution >= 4 is 5.71 Å². The summed E-state index contributed by atoms with van der Waals surface area (Å²) in [6.45, 7) is 0. The summed E-state index contributed by atoms with van der Waals surface area (Å²) in [7, 11) is 0. The van der Waals surface area contributed by atoms with Gasteiger partial charge >= 0.3 is 0 Å². The Morgan fingerprint density at radius 3 is 2.58 bits per heavy atom. The van der Waals surface area contributed by atoms with Crippen LogP contribution in [0.3, 0.4) is 0 Å². The van der Waals surface area contributed by atoms with E-state index >= 15 is 0 Å². The summed E-state index contributed by atoms with van der Waals surface area (Å²) in [5.74, 6) is 0.446. The molecule has 0 spiro atoms. The maximum Gasteiger partial charge on any atom is 0.115 e. The van der Waals surface area contributed by atoms with Gasteiger partial charge in [-0.2, -0.15) is 0 Å². The van der Waals surface area contributed by atoms with Crippen LogP contribution in [-0.4, -0.2) is 16.0 Å². The zero-order chi connectivity index (χ0) is 13.2. The summed E-state index contributed by atoms with van der Waals surface area (Å²) in [5.41, 5.74) is 4.20. The van der Waals surface area contributed by atoms with Gasteiger partial charge in [0.25, 0.3) is 0 Å². The zero-order valence-electron chi connectivity index (χ0n) is 10.5. The fourth-order valence-electron chi connectivity index (χ4n) is 2.78. The molecule has 0 saturated carbocycles. The number of hydrogen-bond acceptors (Lipinski definition) is 3. The van der Waals surface area contributed by atoms with Gasteiger partial charge in [0.2, 0.25) is 0 Å². The van der Waals surface area contributed by atoms with Crippen LogP contribution in [0.25, 0.3) is 0 Å². The monoisotopic (exact) mass is 253 g/mol. The normalized spacial score (nSPS) is 20.2. The molecule has 0 aromatic heterocycles. The minimum Gasteiger partial charge on any atom is -0.508 e. The van der Waals surface area contributed by atoms with Crippen molar-refractivity contribution in [2.75, 3.05) is 0 Å². The second-order valence-corrected chi connectivity index (χ2v) is 4.89. The van der Waals surface area contributed by atoms with Crippen molar-refractivity contribution < 1.29 is 10.3 Å². The van der Waals surface area contributed by atoms with Gasteiger partial charge in [-0.3, -0.25) is 0 Å². The molecular weight excluding hydrogens is 238 g/mol. The maximum atomic E-state index is 9.60. The molecule has 0 bridgehead atoms. The number of phenols is 1. The minimum atomic E-state index is 0.191. The smallest absolute Gasteiger partial charge is 0.115 e. The van der Waals surface area contributed by atoms with Crippen LogP contribution in [0.15, 0.2) is 53.7 Å². The van der Waals surface area contributed by atoms with Crippen molar-refractivity contribution in [3.8, 4) is 5.75 Å². The third-order valence-corrected chi connectivity index (χ3v) is 3.68. The molecule has 0 fully saturated rings. The third kappa shape index (κ3) is 2.19. The van der Waals surface area contributed by atoms with E-state index < -0.39 is 0 Å². The lowest BCUT2D eigenvalue weighted by Gasteiger charge is -2.26. The van der Waals surface area contributed by atoms with Gasteiger partial charge in [0.05, 0.1) is 5.71 Å². The van der Waals surface area contributed by atoms with E-state index in [0.29, 0.717) is 6.42 Å². The summed E-state index contributed by atoms with van der Waals surface area (Å²) >= 11 is 0. The highest BCUT2D eigenvalue weighted by Gasteiger charge is 2.25. The predicted molar refractivity (Wildman–Crippen MR) is 73.9 cm³/mol. The van der Waals surface area contributed by atoms with Crippen LogP contribution in [0.1, 0.15) is 29.0 Å². The summed E-state index contributed by atoms with van der Waals surface area (Å²) in [4.78, 5) is 0. The highest BCUT2D eigenvalue weighted by Crippen LogP contribution is 2.36. The molecule has 0 unspecified atom stereocenters. The van der Waals surface area contributed by atoms with E-state index in [1.165, 1.54) is 11.1 Å². The molecule has 1 aliphatic carbocycles. The second-order valence-electron chi connectivity index (χ2n) is 4.89. The minimum absolute atomic E-state index is 0.191. The highest BCUT2D eigenvalue weighted by atomic mass is 16.4. The molecule has 3 nitrogen and oxygen atoms in total. The van der Waals surface area contributed by atoms with E-state index in [9.17, 15) is 5.11 Å². The average Bonchev–Trinajstić information content (AvgIpc) is 2.46. The summed E-state index contributed by atoms with van der Waals surface area (Å²) in [5, 5.41) is 22.1. The van der Waals surface area contributed by atoms with Crippen molar-refractivity contribution in [2.24, 2.45) is 5.16 Å². The molecule has 19 heavy (non-hydrogen) atoms. The van der Waals surface area contributed by atoms with E-state index in [4.69, 9.17) is 5.21 Å². The fraction of sp³-hybridized carbons (Fsp3) is 0.188. The Bertz CT molecular complexity index is 620. The molecule has 0 saturated heterocycles. The number of aromatic hydroxyl groups is 1. The van der Waals surface area contributed by atoms with Gasteiger partial charge in [-0.1, -0.05) is 41.6 Å². The molecule has 2 N–H and O–H groups in total. The van der Waals surface area contributed by atoms with E-state index in [1.807, 2.05) is 24.3 Å². The number of fused-ring (bicyclic) bond motifs is 1. The Kier molecular flexibility index (Phi) is 2.95. The summed E-state index contributed by atoms with van der Waals surface area (Å²) < 4.78 is 0. The number of phenolic OH excluding ortho intramolecular Hbond substituents is 1. The summed E-state index contributed by atoms with van der Waals surface area (Å²) in [6.07, 6.45) is 1.32. The Hall–Kier alpha value is -2.29. The van der Waals surface area contributed by atoms with Crippen LogP contribution in [0.2, 0.25) is 0 Å². The van der Waals surface area contributed by atoms with Gasteiger partial charge in [-0.25, -0.2) is 0 Å². The van der Waals surface area contributed by atoms with E-state index in [-0.39, 0.29) is 11.7 Å². The fourth-order valence-corrected chi connectivity index (χ4v) is 2.78. The molecule has 2 aromatic rings. The summed E-state index contributed by atoms with van der Waals surface area (Å²) in [6, 6.07) is 15.6. The van der Waals surface area contributed by atoms with Gasteiger partial charge in [-0.05, 0) is 28.8 Å². The topological polar surface area (TPSA) is 52.8 Å². The molecule has 0 heterocycles. The van der Waals surface area contributed by atoms with Crippen molar-refractivity contribution in [3.63, 3.8) is 0 Å². The second kappa shape index (κ2) is 4.76. The SMILES string of the molecule is O/N=C1/Cc2cc(O)ccc2[C@H](c2ccccc2)C1. The first-order chi connectivity index (χ1) is 9.28. The van der Waals surface area contributed by atoms with Crippen LogP contribution in [-0.2, 0) is 6.42 Å². The van der Waals surface area contributed by atoms with Crippen molar-refractivity contribution in [1.29, 1.82) is 0 Å². The number of rotatable bonds is 1. The molecule has 1 atom stereocenters. The Morgan fingerprint density at radius 2 is 1.84 bits per heavy atom. The largest absolute Gasteiger partial charge is 0.508 e. The standard InChI is InChI=1S/C16H15NO2/c18-14-6-7-15-12(9-14)8-13(17-19)10-16(15)11-4-2-1-3-5-11/h1-7,9,16,18-19H,8,10H2/b17-13-/t16-/m0/s1. The number of nitrogens with zero attached hydrogens (tertiary/aromatic N) is 1. The van der Waals surface area contributed by atoms with E-state index in [2.05, 4.69) is 17.3 Å². The molecule has 3 heteroatoms. The maximum absolute atomic E-state index is 9.60. The van der Waals surface area contributed by atoms with Crippen molar-refractivity contribution in [3.05, 3.63) is 65.2 Å². The number of hydrogen-bond donors (Lipinski definition) is 2. The molecule has 96 valence electrons. The van der Waals surface area contributed by atoms with Gasteiger partial charge in [0.15, 0.2) is 0 Å². The first kappa shape index (κ1) is 11.8. The van der Waals surface area contributed by atoms with E-state index in [1.54, 1.807) is 12.1 Å². The van der Waals surface area contributed by atoms with Crippen LogP contribution >= 0.6 is 0 Å². The van der Waals surface area contributed by atoms with Crippen LogP contribution in [0, 0.1) is 0 Å². The Morgan fingerprint density at radius 1 is 1.05 bits per heavy atom. The molecule has 0 amide bonds.